The molecule has 8 aromatic carbocycles. The number of nitrogens with zero attached hydrogens (tertiary/aromatic N) is 1. The molecule has 0 unspecified atom stereocenters. The highest BCUT2D eigenvalue weighted by Gasteiger charge is 2.37. The van der Waals surface area contributed by atoms with Gasteiger partial charge in [-0.05, 0) is 99.3 Å². The van der Waals surface area contributed by atoms with E-state index >= 15 is 0 Å². The van der Waals surface area contributed by atoms with Crippen LogP contribution in [0.2, 0.25) is 0 Å². The molecular weight excluding hydrogens is 651 g/mol. The lowest BCUT2D eigenvalue weighted by Gasteiger charge is -2.29. The lowest BCUT2D eigenvalue weighted by molar-refractivity contribution is 0.660. The number of benzene rings is 8. The fourth-order valence-corrected chi connectivity index (χ4v) is 9.79. The molecule has 3 heteroatoms. The van der Waals surface area contributed by atoms with Gasteiger partial charge in [-0.1, -0.05) is 111 Å². The Morgan fingerprint density at radius 3 is 2.12 bits per heavy atom. The lowest BCUT2D eigenvalue weighted by atomic mass is 9.82. The molecule has 11 rings (SSSR count). The van der Waals surface area contributed by atoms with Crippen LogP contribution in [-0.2, 0) is 5.41 Å². The Labute approximate surface area is 305 Å². The summed E-state index contributed by atoms with van der Waals surface area (Å²) in [6.07, 6.45) is 0. The Morgan fingerprint density at radius 1 is 0.481 bits per heavy atom. The minimum Gasteiger partial charge on any atom is -0.456 e. The van der Waals surface area contributed by atoms with Crippen LogP contribution in [0, 0.1) is 0 Å². The summed E-state index contributed by atoms with van der Waals surface area (Å²) < 4.78 is 9.10. The van der Waals surface area contributed by atoms with E-state index in [1.165, 1.54) is 64.3 Å². The van der Waals surface area contributed by atoms with E-state index in [-0.39, 0.29) is 5.41 Å². The smallest absolute Gasteiger partial charge is 0.137 e. The van der Waals surface area contributed by atoms with Crippen molar-refractivity contribution in [3.8, 4) is 22.3 Å². The third kappa shape index (κ3) is 4.30. The Bertz CT molecular complexity index is 3050. The summed E-state index contributed by atoms with van der Waals surface area (Å²) in [5.74, 6) is 0. The number of para-hydroxylation sites is 1. The number of thiophene rings is 1. The second-order valence-electron chi connectivity index (χ2n) is 14.5. The Hall–Kier alpha value is -6.16. The van der Waals surface area contributed by atoms with Crippen LogP contribution in [0.3, 0.4) is 0 Å². The van der Waals surface area contributed by atoms with Gasteiger partial charge in [0.05, 0.1) is 5.69 Å². The summed E-state index contributed by atoms with van der Waals surface area (Å²) in [5, 5.41) is 7.46. The molecule has 0 fully saturated rings. The second-order valence-corrected chi connectivity index (χ2v) is 15.6. The van der Waals surface area contributed by atoms with Crippen molar-refractivity contribution < 1.29 is 4.42 Å². The zero-order valence-electron chi connectivity index (χ0n) is 28.9. The van der Waals surface area contributed by atoms with Crippen LogP contribution in [0.1, 0.15) is 25.0 Å². The van der Waals surface area contributed by atoms with Gasteiger partial charge >= 0.3 is 0 Å². The number of hydrogen-bond acceptors (Lipinski definition) is 3. The molecule has 2 nitrogen and oxygen atoms in total. The maximum atomic E-state index is 6.43. The van der Waals surface area contributed by atoms with E-state index in [1.807, 2.05) is 23.5 Å². The first-order valence-corrected chi connectivity index (χ1v) is 18.7. The molecule has 2 aromatic heterocycles. The molecule has 246 valence electrons. The highest BCUT2D eigenvalue weighted by atomic mass is 32.1. The van der Waals surface area contributed by atoms with Gasteiger partial charge in [0.25, 0.3) is 0 Å². The zero-order chi connectivity index (χ0) is 34.6. The van der Waals surface area contributed by atoms with Crippen LogP contribution in [0.15, 0.2) is 168 Å². The van der Waals surface area contributed by atoms with Gasteiger partial charge in [-0.2, -0.15) is 0 Å². The average molecular weight is 684 g/mol. The summed E-state index contributed by atoms with van der Waals surface area (Å²) in [5.41, 5.74) is 12.7. The van der Waals surface area contributed by atoms with Crippen LogP contribution in [-0.4, -0.2) is 0 Å². The Balaban J connectivity index is 1.07. The van der Waals surface area contributed by atoms with E-state index in [9.17, 15) is 0 Å². The van der Waals surface area contributed by atoms with Gasteiger partial charge in [0.1, 0.15) is 11.2 Å². The van der Waals surface area contributed by atoms with Crippen molar-refractivity contribution >= 4 is 81.3 Å². The van der Waals surface area contributed by atoms with Crippen LogP contribution >= 0.6 is 11.3 Å². The zero-order valence-corrected chi connectivity index (χ0v) is 29.7. The van der Waals surface area contributed by atoms with Crippen LogP contribution < -0.4 is 4.90 Å². The fourth-order valence-electron chi connectivity index (χ4n) is 8.65. The number of fused-ring (bicyclic) bond motifs is 10. The van der Waals surface area contributed by atoms with Gasteiger partial charge in [-0.15, -0.1) is 11.3 Å². The summed E-state index contributed by atoms with van der Waals surface area (Å²) >= 11 is 1.87. The van der Waals surface area contributed by atoms with E-state index < -0.39 is 0 Å². The number of furan rings is 1. The van der Waals surface area contributed by atoms with E-state index in [0.717, 1.165) is 39.0 Å². The molecule has 0 spiro atoms. The van der Waals surface area contributed by atoms with Crippen LogP contribution in [0.5, 0.6) is 0 Å². The first-order chi connectivity index (χ1) is 25.5. The van der Waals surface area contributed by atoms with E-state index in [4.69, 9.17) is 4.42 Å². The van der Waals surface area contributed by atoms with Gasteiger partial charge in [-0.3, -0.25) is 0 Å². The van der Waals surface area contributed by atoms with E-state index in [2.05, 4.69) is 170 Å². The molecule has 0 N–H and O–H groups in total. The SMILES string of the molecule is CC1(C)c2ccccc2-c2c(N(c3ccc(-c4ccc5cc6sc7ccccc7c6cc5c4)cc3)c3ccc4c(c3)oc3ccccc34)cccc21. The second kappa shape index (κ2) is 10.9. The molecule has 0 amide bonds. The average Bonchev–Trinajstić information content (AvgIpc) is 3.81. The highest BCUT2D eigenvalue weighted by molar-refractivity contribution is 7.25. The monoisotopic (exact) mass is 683 g/mol. The summed E-state index contributed by atoms with van der Waals surface area (Å²) in [4.78, 5) is 2.41. The standard InChI is InChI=1S/C49H33NOS/c1-49(2)41-13-6-3-12-39(41)48-42(49)14-9-15-43(48)50(35-24-25-37-36-10-4-7-16-44(36)51-45(37)29-35)34-22-20-30(21-23-34)31-18-19-32-28-47-40(27-33(32)26-31)38-11-5-8-17-46(38)52-47/h3-29H,1-2H3. The molecule has 0 saturated heterocycles. The molecule has 0 saturated carbocycles. The van der Waals surface area contributed by atoms with E-state index in [0.29, 0.717) is 0 Å². The lowest BCUT2D eigenvalue weighted by Crippen LogP contribution is -2.16. The number of anilines is 3. The summed E-state index contributed by atoms with van der Waals surface area (Å²) in [6, 6.07) is 60.0. The van der Waals surface area contributed by atoms with Gasteiger partial charge in [0.2, 0.25) is 0 Å². The van der Waals surface area contributed by atoms with Crippen molar-refractivity contribution in [2.75, 3.05) is 4.90 Å². The summed E-state index contributed by atoms with van der Waals surface area (Å²) in [7, 11) is 0. The predicted molar refractivity (Wildman–Crippen MR) is 222 cm³/mol. The quantitative estimate of drug-likeness (QED) is 0.184. The predicted octanol–water partition coefficient (Wildman–Crippen LogP) is 14.6. The van der Waals surface area contributed by atoms with Crippen molar-refractivity contribution in [3.63, 3.8) is 0 Å². The number of hydrogen-bond donors (Lipinski definition) is 0. The molecule has 0 aliphatic heterocycles. The molecule has 10 aromatic rings. The molecule has 1 aliphatic rings. The molecular formula is C49H33NOS. The maximum Gasteiger partial charge on any atom is 0.137 e. The minimum atomic E-state index is -0.100. The highest BCUT2D eigenvalue weighted by Crippen LogP contribution is 2.54. The fraction of sp³-hybridized carbons (Fsp3) is 0.0612. The molecule has 0 bridgehead atoms. The maximum absolute atomic E-state index is 6.43. The van der Waals surface area contributed by atoms with Crippen molar-refractivity contribution in [2.24, 2.45) is 0 Å². The van der Waals surface area contributed by atoms with Crippen molar-refractivity contribution in [1.29, 1.82) is 0 Å². The third-order valence-corrected chi connectivity index (χ3v) is 12.4. The van der Waals surface area contributed by atoms with Crippen molar-refractivity contribution in [1.82, 2.24) is 0 Å². The first kappa shape index (κ1) is 29.6. The van der Waals surface area contributed by atoms with Crippen molar-refractivity contribution in [2.45, 2.75) is 19.3 Å². The topological polar surface area (TPSA) is 16.4 Å². The van der Waals surface area contributed by atoms with Gasteiger partial charge in [0, 0.05) is 59.4 Å². The van der Waals surface area contributed by atoms with Crippen molar-refractivity contribution in [3.05, 3.63) is 175 Å². The largest absolute Gasteiger partial charge is 0.456 e. The van der Waals surface area contributed by atoms with Crippen LogP contribution in [0.4, 0.5) is 17.1 Å². The van der Waals surface area contributed by atoms with E-state index in [1.54, 1.807) is 0 Å². The van der Waals surface area contributed by atoms with Gasteiger partial charge in [0.15, 0.2) is 0 Å². The Kier molecular flexibility index (Phi) is 6.21. The minimum absolute atomic E-state index is 0.100. The normalized spacial score (nSPS) is 13.3. The first-order valence-electron chi connectivity index (χ1n) is 17.9. The van der Waals surface area contributed by atoms with Crippen LogP contribution in [0.25, 0.3) is 75.1 Å². The third-order valence-electron chi connectivity index (χ3n) is 11.2. The molecule has 0 radical (unpaired) electrons. The summed E-state index contributed by atoms with van der Waals surface area (Å²) in [6.45, 7) is 4.69. The van der Waals surface area contributed by atoms with Gasteiger partial charge < -0.3 is 9.32 Å². The number of rotatable bonds is 4. The molecule has 2 heterocycles. The Morgan fingerprint density at radius 2 is 1.21 bits per heavy atom. The van der Waals surface area contributed by atoms with Gasteiger partial charge in [-0.25, -0.2) is 0 Å². The molecule has 1 aliphatic carbocycles. The molecule has 52 heavy (non-hydrogen) atoms. The molecule has 0 atom stereocenters.